The Hall–Kier alpha value is -0.940. The van der Waals surface area contributed by atoms with Gasteiger partial charge in [-0.05, 0) is 43.9 Å². The molecule has 5 nitrogen and oxygen atoms in total. The van der Waals surface area contributed by atoms with E-state index in [1.807, 2.05) is 6.92 Å². The molecule has 24 heavy (non-hydrogen) atoms. The van der Waals surface area contributed by atoms with Crippen LogP contribution in [0.2, 0.25) is 0 Å². The largest absolute Gasteiger partial charge is 0.385 e. The molecule has 2 aliphatic heterocycles. The van der Waals surface area contributed by atoms with Gasteiger partial charge in [0.1, 0.15) is 12.6 Å². The molecule has 3 rings (SSSR count). The molecule has 2 heterocycles. The standard InChI is InChI=1S/C19H32N2O3/c1-18(2)15-8-9-19(18,3)17(24)21(16(15)23)13-14(22)12-20-10-6-4-5-7-11-20/h14-15,22H,4-13H2,1-3H3/p+1/t14-,15+,19-/m0/s1. The number of quaternary nitrogens is 1. The molecular weight excluding hydrogens is 304 g/mol. The van der Waals surface area contributed by atoms with Crippen LogP contribution < -0.4 is 4.90 Å². The number of carbonyl (C=O) groups excluding carboxylic acids is 2. The zero-order valence-electron chi connectivity index (χ0n) is 15.4. The first-order chi connectivity index (χ1) is 11.3. The number of piperidine rings is 1. The maximum absolute atomic E-state index is 13.0. The van der Waals surface area contributed by atoms with Gasteiger partial charge in [-0.25, -0.2) is 0 Å². The Labute approximate surface area is 145 Å². The highest BCUT2D eigenvalue weighted by Crippen LogP contribution is 2.59. The molecule has 0 aromatic heterocycles. The summed E-state index contributed by atoms with van der Waals surface area (Å²) in [6, 6.07) is 0. The van der Waals surface area contributed by atoms with Crippen LogP contribution in [0.4, 0.5) is 0 Å². The van der Waals surface area contributed by atoms with E-state index in [0.29, 0.717) is 6.54 Å². The summed E-state index contributed by atoms with van der Waals surface area (Å²) in [7, 11) is 0. The zero-order valence-corrected chi connectivity index (χ0v) is 15.4. The molecule has 0 radical (unpaired) electrons. The third kappa shape index (κ3) is 2.80. The van der Waals surface area contributed by atoms with Crippen molar-refractivity contribution in [1.29, 1.82) is 0 Å². The molecule has 2 bridgehead atoms. The number of aliphatic hydroxyl groups excluding tert-OH is 1. The van der Waals surface area contributed by atoms with Crippen LogP contribution in [0.1, 0.15) is 59.3 Å². The number of hydrogen-bond acceptors (Lipinski definition) is 3. The maximum Gasteiger partial charge on any atom is 0.235 e. The van der Waals surface area contributed by atoms with Gasteiger partial charge in [0.25, 0.3) is 0 Å². The summed E-state index contributed by atoms with van der Waals surface area (Å²) in [6.07, 6.45) is 5.92. The fourth-order valence-electron chi connectivity index (χ4n) is 5.12. The van der Waals surface area contributed by atoms with E-state index in [-0.39, 0.29) is 29.7 Å². The molecule has 3 fully saturated rings. The molecule has 0 aromatic carbocycles. The average Bonchev–Trinajstić information content (AvgIpc) is 2.70. The topological polar surface area (TPSA) is 62.1 Å². The van der Waals surface area contributed by atoms with E-state index in [0.717, 1.165) is 25.9 Å². The Morgan fingerprint density at radius 1 is 1.17 bits per heavy atom. The molecular formula is C19H33N2O3+. The summed E-state index contributed by atoms with van der Waals surface area (Å²) in [6.45, 7) is 9.09. The van der Waals surface area contributed by atoms with Crippen LogP contribution in [-0.2, 0) is 9.59 Å². The van der Waals surface area contributed by atoms with Crippen molar-refractivity contribution >= 4 is 11.8 Å². The number of nitrogens with one attached hydrogen (secondary N) is 1. The van der Waals surface area contributed by atoms with Gasteiger partial charge in [0.05, 0.1) is 25.0 Å². The summed E-state index contributed by atoms with van der Waals surface area (Å²) >= 11 is 0. The third-order valence-electron chi connectivity index (χ3n) is 7.24. The Balaban J connectivity index is 1.66. The molecule has 0 unspecified atom stereocenters. The van der Waals surface area contributed by atoms with E-state index < -0.39 is 11.5 Å². The van der Waals surface area contributed by atoms with Crippen LogP contribution in [-0.4, -0.2) is 54.1 Å². The van der Waals surface area contributed by atoms with Crippen LogP contribution in [0.5, 0.6) is 0 Å². The number of carbonyl (C=O) groups is 2. The Morgan fingerprint density at radius 2 is 1.79 bits per heavy atom. The van der Waals surface area contributed by atoms with E-state index in [2.05, 4.69) is 13.8 Å². The summed E-state index contributed by atoms with van der Waals surface area (Å²) < 4.78 is 0. The summed E-state index contributed by atoms with van der Waals surface area (Å²) in [5, 5.41) is 10.5. The van der Waals surface area contributed by atoms with Gasteiger partial charge in [-0.15, -0.1) is 0 Å². The van der Waals surface area contributed by atoms with Gasteiger partial charge >= 0.3 is 0 Å². The molecule has 2 amide bonds. The monoisotopic (exact) mass is 337 g/mol. The second kappa shape index (κ2) is 6.41. The van der Waals surface area contributed by atoms with Gasteiger partial charge in [0.15, 0.2) is 0 Å². The van der Waals surface area contributed by atoms with Gasteiger partial charge in [-0.3, -0.25) is 14.5 Å². The van der Waals surface area contributed by atoms with E-state index in [9.17, 15) is 14.7 Å². The highest BCUT2D eigenvalue weighted by Gasteiger charge is 2.64. The van der Waals surface area contributed by atoms with Crippen LogP contribution in [0.15, 0.2) is 0 Å². The lowest BCUT2D eigenvalue weighted by molar-refractivity contribution is -0.902. The first kappa shape index (κ1) is 17.9. The minimum atomic E-state index is -0.616. The van der Waals surface area contributed by atoms with Crippen molar-refractivity contribution in [3.8, 4) is 0 Å². The van der Waals surface area contributed by atoms with Crippen molar-refractivity contribution < 1.29 is 19.6 Å². The van der Waals surface area contributed by atoms with Crippen molar-refractivity contribution in [3.05, 3.63) is 0 Å². The highest BCUT2D eigenvalue weighted by molar-refractivity contribution is 6.03. The number of aliphatic hydroxyl groups is 1. The van der Waals surface area contributed by atoms with E-state index >= 15 is 0 Å². The predicted octanol–water partition coefficient (Wildman–Crippen LogP) is 0.618. The lowest BCUT2D eigenvalue weighted by Crippen LogP contribution is -3.13. The minimum Gasteiger partial charge on any atom is -0.385 e. The van der Waals surface area contributed by atoms with Crippen LogP contribution in [0.3, 0.4) is 0 Å². The SMILES string of the molecule is CC1(C)[C@@H]2CC[C@@]1(C)C(=O)N(C[C@@H](O)C[NH+]1CCCCCC1)C2=O. The quantitative estimate of drug-likeness (QED) is 0.739. The first-order valence-electron chi connectivity index (χ1n) is 9.65. The molecule has 1 aliphatic carbocycles. The lowest BCUT2D eigenvalue weighted by atomic mass is 9.62. The minimum absolute atomic E-state index is 0.0649. The molecule has 2 saturated heterocycles. The van der Waals surface area contributed by atoms with E-state index in [1.165, 1.54) is 35.5 Å². The summed E-state index contributed by atoms with van der Waals surface area (Å²) in [5.41, 5.74) is -0.751. The maximum atomic E-state index is 13.0. The average molecular weight is 337 g/mol. The molecule has 3 atom stereocenters. The van der Waals surface area contributed by atoms with Crippen molar-refractivity contribution in [3.63, 3.8) is 0 Å². The second-order valence-corrected chi connectivity index (χ2v) is 8.92. The number of likely N-dealkylation sites (tertiary alicyclic amines) is 2. The predicted molar refractivity (Wildman–Crippen MR) is 91.4 cm³/mol. The van der Waals surface area contributed by atoms with Crippen LogP contribution >= 0.6 is 0 Å². The Morgan fingerprint density at radius 3 is 2.42 bits per heavy atom. The number of hydrogen-bond donors (Lipinski definition) is 2. The van der Waals surface area contributed by atoms with E-state index in [1.54, 1.807) is 0 Å². The number of amides is 2. The highest BCUT2D eigenvalue weighted by atomic mass is 16.3. The molecule has 5 heteroatoms. The van der Waals surface area contributed by atoms with Crippen molar-refractivity contribution in [2.45, 2.75) is 65.4 Å². The van der Waals surface area contributed by atoms with Crippen LogP contribution in [0, 0.1) is 16.7 Å². The first-order valence-corrected chi connectivity index (χ1v) is 9.65. The third-order valence-corrected chi connectivity index (χ3v) is 7.24. The van der Waals surface area contributed by atoms with Gasteiger partial charge in [-0.2, -0.15) is 0 Å². The summed E-state index contributed by atoms with van der Waals surface area (Å²) in [4.78, 5) is 28.6. The van der Waals surface area contributed by atoms with Gasteiger partial charge in [-0.1, -0.05) is 20.8 Å². The zero-order chi connectivity index (χ0) is 17.5. The molecule has 1 saturated carbocycles. The second-order valence-electron chi connectivity index (χ2n) is 8.92. The van der Waals surface area contributed by atoms with Gasteiger partial charge < -0.3 is 10.0 Å². The number of fused-ring (bicyclic) bond motifs is 2. The van der Waals surface area contributed by atoms with Gasteiger partial charge in [0, 0.05) is 5.92 Å². The fraction of sp³-hybridized carbons (Fsp3) is 0.895. The van der Waals surface area contributed by atoms with Crippen molar-refractivity contribution in [2.24, 2.45) is 16.7 Å². The molecule has 2 N–H and O–H groups in total. The molecule has 0 spiro atoms. The molecule has 3 aliphatic rings. The molecule has 0 aromatic rings. The van der Waals surface area contributed by atoms with E-state index in [4.69, 9.17) is 0 Å². The Bertz CT molecular complexity index is 511. The number of rotatable bonds is 4. The normalized spacial score (nSPS) is 35.2. The fourth-order valence-corrected chi connectivity index (χ4v) is 5.12. The smallest absolute Gasteiger partial charge is 0.235 e. The molecule has 136 valence electrons. The number of imide groups is 1. The van der Waals surface area contributed by atoms with Crippen LogP contribution in [0.25, 0.3) is 0 Å². The van der Waals surface area contributed by atoms with Gasteiger partial charge in [0.2, 0.25) is 11.8 Å². The Kier molecular flexibility index (Phi) is 4.77. The van der Waals surface area contributed by atoms with Crippen molar-refractivity contribution in [1.82, 2.24) is 4.90 Å². The number of nitrogens with zero attached hydrogens (tertiary/aromatic N) is 1. The number of β-amino-alcohol motifs (C(OH)–C–C–N with tert-alkyl or cyclic N) is 1. The summed E-state index contributed by atoms with van der Waals surface area (Å²) in [5.74, 6) is -0.223. The lowest BCUT2D eigenvalue weighted by Gasteiger charge is -2.48. The van der Waals surface area contributed by atoms with Crippen molar-refractivity contribution in [2.75, 3.05) is 26.2 Å².